The number of ether oxygens (including phenoxy) is 1. The van der Waals surface area contributed by atoms with Gasteiger partial charge in [-0.25, -0.2) is 0 Å². The number of aryl methyl sites for hydroxylation is 1. The fourth-order valence-electron chi connectivity index (χ4n) is 1.90. The van der Waals surface area contributed by atoms with Crippen molar-refractivity contribution in [2.24, 2.45) is 0 Å². The maximum Gasteiger partial charge on any atom is 0.523 e. The summed E-state index contributed by atoms with van der Waals surface area (Å²) in [5.74, 6) is 0. The Morgan fingerprint density at radius 1 is 0.870 bits per heavy atom. The summed E-state index contributed by atoms with van der Waals surface area (Å²) < 4.78 is 65.9. The van der Waals surface area contributed by atoms with Crippen LogP contribution >= 0.6 is 0 Å². The predicted octanol–water partition coefficient (Wildman–Crippen LogP) is 3.67. The molecule has 0 aliphatic rings. The Kier molecular flexibility index (Phi) is 8.57. The van der Waals surface area contributed by atoms with E-state index in [9.17, 15) is 21.6 Å². The van der Waals surface area contributed by atoms with Crippen LogP contribution in [0.1, 0.15) is 31.2 Å². The van der Waals surface area contributed by atoms with Gasteiger partial charge in [-0.05, 0) is 24.8 Å². The highest BCUT2D eigenvalue weighted by Crippen LogP contribution is 2.24. The number of benzene rings is 1. The lowest BCUT2D eigenvalue weighted by atomic mass is 10.1. The summed E-state index contributed by atoms with van der Waals surface area (Å²) in [6.45, 7) is -0.435. The Bertz CT molecular complexity index is 529. The fraction of sp³-hybridized carbons (Fsp3) is 0.600. The van der Waals surface area contributed by atoms with Crippen LogP contribution in [0, 0.1) is 0 Å². The third-order valence-electron chi connectivity index (χ3n) is 3.10. The molecule has 132 valence electrons. The van der Waals surface area contributed by atoms with Crippen LogP contribution in [0.25, 0.3) is 0 Å². The van der Waals surface area contributed by atoms with Gasteiger partial charge < -0.3 is 4.74 Å². The van der Waals surface area contributed by atoms with Gasteiger partial charge in [0.1, 0.15) is 0 Å². The Balaban J connectivity index is 1.94. The van der Waals surface area contributed by atoms with Crippen molar-refractivity contribution in [3.05, 3.63) is 35.9 Å². The molecule has 0 heterocycles. The van der Waals surface area contributed by atoms with Crippen molar-refractivity contribution < 1.29 is 30.5 Å². The van der Waals surface area contributed by atoms with Crippen molar-refractivity contribution in [1.29, 1.82) is 0 Å². The number of halogens is 3. The summed E-state index contributed by atoms with van der Waals surface area (Å²) in [5, 5.41) is 0. The topological polar surface area (TPSA) is 52.6 Å². The monoisotopic (exact) mass is 354 g/mol. The third-order valence-corrected chi connectivity index (χ3v) is 4.14. The van der Waals surface area contributed by atoms with Crippen molar-refractivity contribution in [1.82, 2.24) is 0 Å². The van der Waals surface area contributed by atoms with Gasteiger partial charge in [-0.1, -0.05) is 43.2 Å². The van der Waals surface area contributed by atoms with E-state index in [1.54, 1.807) is 0 Å². The van der Waals surface area contributed by atoms with Crippen LogP contribution in [0.15, 0.2) is 30.3 Å². The zero-order valence-corrected chi connectivity index (χ0v) is 13.5. The molecule has 0 saturated carbocycles. The lowest BCUT2D eigenvalue weighted by Crippen LogP contribution is -2.26. The Hall–Kier alpha value is -1.12. The molecule has 1 aromatic carbocycles. The van der Waals surface area contributed by atoms with E-state index in [4.69, 9.17) is 4.74 Å². The fourth-order valence-corrected chi connectivity index (χ4v) is 2.32. The predicted molar refractivity (Wildman–Crippen MR) is 80.4 cm³/mol. The second-order valence-electron chi connectivity index (χ2n) is 4.98. The van der Waals surface area contributed by atoms with E-state index in [-0.39, 0.29) is 6.61 Å². The Labute approximate surface area is 134 Å². The van der Waals surface area contributed by atoms with E-state index in [2.05, 4.69) is 16.3 Å². The van der Waals surface area contributed by atoms with Gasteiger partial charge in [-0.2, -0.15) is 21.6 Å². The largest absolute Gasteiger partial charge is 0.523 e. The molecule has 4 nitrogen and oxygen atoms in total. The molecular weight excluding hydrogens is 333 g/mol. The molecule has 0 radical (unpaired) electrons. The first kappa shape index (κ1) is 19.9. The molecule has 1 aromatic rings. The zero-order chi connectivity index (χ0) is 17.2. The Morgan fingerprint density at radius 3 is 2.17 bits per heavy atom. The van der Waals surface area contributed by atoms with Gasteiger partial charge in [0.25, 0.3) is 0 Å². The van der Waals surface area contributed by atoms with Crippen LogP contribution in [0.4, 0.5) is 13.2 Å². The maximum absolute atomic E-state index is 12.0. The lowest BCUT2D eigenvalue weighted by Gasteiger charge is -2.08. The van der Waals surface area contributed by atoms with Gasteiger partial charge in [0.05, 0.1) is 13.2 Å². The SMILES string of the molecule is O=S(=O)(OCCOCCCCCCc1ccccc1)C(F)(F)F. The van der Waals surface area contributed by atoms with Crippen LogP contribution in [0.2, 0.25) is 0 Å². The van der Waals surface area contributed by atoms with E-state index in [0.29, 0.717) is 6.61 Å². The van der Waals surface area contributed by atoms with Gasteiger partial charge in [-0.3, -0.25) is 4.18 Å². The molecule has 23 heavy (non-hydrogen) atoms. The second-order valence-corrected chi connectivity index (χ2v) is 6.59. The molecule has 0 spiro atoms. The average Bonchev–Trinajstić information content (AvgIpc) is 2.49. The molecule has 0 aliphatic carbocycles. The Morgan fingerprint density at radius 2 is 1.52 bits per heavy atom. The van der Waals surface area contributed by atoms with Crippen LogP contribution in [0.3, 0.4) is 0 Å². The van der Waals surface area contributed by atoms with E-state index in [1.807, 2.05) is 18.2 Å². The molecule has 0 aromatic heterocycles. The summed E-state index contributed by atoms with van der Waals surface area (Å²) in [7, 11) is -5.51. The normalized spacial score (nSPS) is 12.5. The van der Waals surface area contributed by atoms with Crippen LogP contribution in [0.5, 0.6) is 0 Å². The molecule has 1 rings (SSSR count). The second kappa shape index (κ2) is 9.89. The van der Waals surface area contributed by atoms with Crippen LogP contribution in [-0.4, -0.2) is 33.7 Å². The van der Waals surface area contributed by atoms with Gasteiger partial charge >= 0.3 is 15.6 Å². The first-order chi connectivity index (χ1) is 10.8. The minimum absolute atomic E-state index is 0.181. The van der Waals surface area contributed by atoms with Crippen molar-refractivity contribution in [3.8, 4) is 0 Å². The van der Waals surface area contributed by atoms with Gasteiger partial charge in [-0.15, -0.1) is 0 Å². The number of unbranched alkanes of at least 4 members (excludes halogenated alkanes) is 3. The molecular formula is C15H21F3O4S. The van der Waals surface area contributed by atoms with Gasteiger partial charge in [0.2, 0.25) is 0 Å². The van der Waals surface area contributed by atoms with E-state index >= 15 is 0 Å². The smallest absolute Gasteiger partial charge is 0.379 e. The molecule has 8 heteroatoms. The number of alkyl halides is 3. The quantitative estimate of drug-likeness (QED) is 0.346. The van der Waals surface area contributed by atoms with Crippen molar-refractivity contribution in [2.45, 2.75) is 37.6 Å². The van der Waals surface area contributed by atoms with E-state index < -0.39 is 22.2 Å². The molecule has 0 unspecified atom stereocenters. The molecule has 0 atom stereocenters. The molecule has 0 aliphatic heterocycles. The summed E-state index contributed by atoms with van der Waals surface area (Å²) in [4.78, 5) is 0. The molecule has 0 amide bonds. The number of hydrogen-bond acceptors (Lipinski definition) is 4. The summed E-state index contributed by atoms with van der Waals surface area (Å²) >= 11 is 0. The molecule has 0 N–H and O–H groups in total. The lowest BCUT2D eigenvalue weighted by molar-refractivity contribution is -0.0555. The minimum atomic E-state index is -5.51. The van der Waals surface area contributed by atoms with Gasteiger partial charge in [0, 0.05) is 6.61 Å². The average molecular weight is 354 g/mol. The molecule has 0 bridgehead atoms. The highest BCUT2D eigenvalue weighted by Gasteiger charge is 2.47. The number of hydrogen-bond donors (Lipinski definition) is 0. The first-order valence-corrected chi connectivity index (χ1v) is 8.81. The van der Waals surface area contributed by atoms with Crippen LogP contribution in [-0.2, 0) is 25.5 Å². The summed E-state index contributed by atoms with van der Waals surface area (Å²) in [6.07, 6.45) is 4.86. The summed E-state index contributed by atoms with van der Waals surface area (Å²) in [6, 6.07) is 10.1. The summed E-state index contributed by atoms with van der Waals surface area (Å²) in [5.41, 5.74) is -4.09. The highest BCUT2D eigenvalue weighted by atomic mass is 32.2. The van der Waals surface area contributed by atoms with E-state index in [1.165, 1.54) is 5.56 Å². The zero-order valence-electron chi connectivity index (χ0n) is 12.7. The van der Waals surface area contributed by atoms with Crippen molar-refractivity contribution in [2.75, 3.05) is 19.8 Å². The standard InChI is InChI=1S/C15H21F3O4S/c16-15(17,18)23(19,20)22-13-12-21-11-7-2-1-4-8-14-9-5-3-6-10-14/h3,5-6,9-10H,1-2,4,7-8,11-13H2. The first-order valence-electron chi connectivity index (χ1n) is 7.40. The highest BCUT2D eigenvalue weighted by molar-refractivity contribution is 7.87. The third kappa shape index (κ3) is 8.34. The van der Waals surface area contributed by atoms with E-state index in [0.717, 1.165) is 32.1 Å². The van der Waals surface area contributed by atoms with Gasteiger partial charge in [0.15, 0.2) is 0 Å². The maximum atomic E-state index is 12.0. The number of rotatable bonds is 11. The molecule has 0 saturated heterocycles. The minimum Gasteiger partial charge on any atom is -0.379 e. The van der Waals surface area contributed by atoms with Crippen LogP contribution < -0.4 is 0 Å². The molecule has 0 fully saturated rings. The van der Waals surface area contributed by atoms with Crippen molar-refractivity contribution >= 4 is 10.1 Å². The van der Waals surface area contributed by atoms with Crippen molar-refractivity contribution in [3.63, 3.8) is 0 Å².